The van der Waals surface area contributed by atoms with Gasteiger partial charge in [-0.2, -0.15) is 0 Å². The summed E-state index contributed by atoms with van der Waals surface area (Å²) in [6, 6.07) is 9.77. The van der Waals surface area contributed by atoms with Crippen LogP contribution in [0.1, 0.15) is 72.4 Å². The molecule has 5 rings (SSSR count). The third kappa shape index (κ3) is 4.65. The van der Waals surface area contributed by atoms with Crippen molar-refractivity contribution in [2.75, 3.05) is 6.54 Å². The zero-order chi connectivity index (χ0) is 21.2. The number of nitrogens with zero attached hydrogens (tertiary/aromatic N) is 3. The van der Waals surface area contributed by atoms with Crippen molar-refractivity contribution in [3.8, 4) is 11.3 Å². The summed E-state index contributed by atoms with van der Waals surface area (Å²) in [7, 11) is 0. The van der Waals surface area contributed by atoms with E-state index in [2.05, 4.69) is 25.5 Å². The molecule has 7 heteroatoms. The summed E-state index contributed by atoms with van der Waals surface area (Å²) in [6.45, 7) is 0.668. The Morgan fingerprint density at radius 2 is 1.71 bits per heavy atom. The summed E-state index contributed by atoms with van der Waals surface area (Å²) < 4.78 is 13.4. The number of halogens is 1. The second-order valence-corrected chi connectivity index (χ2v) is 8.74. The lowest BCUT2D eigenvalue weighted by Crippen LogP contribution is -2.31. The van der Waals surface area contributed by atoms with Crippen LogP contribution in [-0.2, 0) is 0 Å². The molecule has 2 aliphatic carbocycles. The van der Waals surface area contributed by atoms with Gasteiger partial charge in [0.15, 0.2) is 0 Å². The van der Waals surface area contributed by atoms with Crippen molar-refractivity contribution < 1.29 is 9.18 Å². The maximum absolute atomic E-state index is 13.4. The van der Waals surface area contributed by atoms with E-state index in [0.717, 1.165) is 37.3 Å². The summed E-state index contributed by atoms with van der Waals surface area (Å²) in [5.74, 6) is 3.20. The minimum Gasteiger partial charge on any atom is -0.352 e. The van der Waals surface area contributed by atoms with E-state index in [4.69, 9.17) is 0 Å². The molecule has 2 aliphatic rings. The minimum atomic E-state index is -0.303. The predicted molar refractivity (Wildman–Crippen MR) is 115 cm³/mol. The molecule has 2 N–H and O–H groups in total. The molecule has 0 saturated heterocycles. The summed E-state index contributed by atoms with van der Waals surface area (Å²) in [6.07, 6.45) is 8.29. The lowest BCUT2D eigenvalue weighted by Gasteiger charge is -2.27. The first-order valence-corrected chi connectivity index (χ1v) is 11.1. The van der Waals surface area contributed by atoms with Crippen molar-refractivity contribution in [1.82, 2.24) is 25.5 Å². The van der Waals surface area contributed by atoms with Crippen molar-refractivity contribution in [2.24, 2.45) is 5.92 Å². The Hall–Kier alpha value is -3.09. The number of hydrogen-bond acceptors (Lipinski definition) is 4. The van der Waals surface area contributed by atoms with E-state index in [9.17, 15) is 9.18 Å². The highest BCUT2D eigenvalue weighted by Crippen LogP contribution is 2.39. The van der Waals surface area contributed by atoms with Crippen LogP contribution in [0.3, 0.4) is 0 Å². The lowest BCUT2D eigenvalue weighted by molar-refractivity contribution is 0.0942. The number of pyridine rings is 1. The fraction of sp³-hybridized carbons (Fsp3) is 0.417. The number of aromatic nitrogens is 4. The number of benzene rings is 1. The number of hydrogen-bond donors (Lipinski definition) is 2. The van der Waals surface area contributed by atoms with Crippen molar-refractivity contribution in [2.45, 2.75) is 50.4 Å². The monoisotopic (exact) mass is 419 g/mol. The van der Waals surface area contributed by atoms with E-state index in [-0.39, 0.29) is 11.7 Å². The van der Waals surface area contributed by atoms with Gasteiger partial charge < -0.3 is 10.3 Å². The van der Waals surface area contributed by atoms with E-state index in [1.165, 1.54) is 25.0 Å². The van der Waals surface area contributed by atoms with Crippen LogP contribution in [0.5, 0.6) is 0 Å². The van der Waals surface area contributed by atoms with E-state index in [0.29, 0.717) is 41.1 Å². The molecule has 0 spiro atoms. The van der Waals surface area contributed by atoms with Gasteiger partial charge in [-0.25, -0.2) is 4.39 Å². The molecule has 160 valence electrons. The zero-order valence-electron chi connectivity index (χ0n) is 17.4. The van der Waals surface area contributed by atoms with Gasteiger partial charge in [-0.05, 0) is 68.7 Å². The minimum absolute atomic E-state index is 0.121. The normalized spacial score (nSPS) is 21.1. The third-order valence-corrected chi connectivity index (χ3v) is 6.42. The van der Waals surface area contributed by atoms with Gasteiger partial charge in [-0.3, -0.25) is 9.78 Å². The van der Waals surface area contributed by atoms with Gasteiger partial charge in [-0.1, -0.05) is 12.1 Å². The Morgan fingerprint density at radius 1 is 1.00 bits per heavy atom. The molecule has 0 bridgehead atoms. The van der Waals surface area contributed by atoms with Crippen LogP contribution in [0.4, 0.5) is 4.39 Å². The molecule has 0 aliphatic heterocycles. The van der Waals surface area contributed by atoms with Crippen molar-refractivity contribution >= 4 is 5.91 Å². The molecule has 1 aromatic carbocycles. The lowest BCUT2D eigenvalue weighted by atomic mass is 9.81. The number of amides is 1. The maximum Gasteiger partial charge on any atom is 0.252 e. The number of nitrogens with one attached hydrogen (secondary N) is 2. The number of rotatable bonds is 6. The molecular formula is C24H26FN5O. The molecular weight excluding hydrogens is 393 g/mol. The number of carbonyl (C=O) groups excluding carboxylic acids is 1. The predicted octanol–water partition coefficient (Wildman–Crippen LogP) is 4.59. The van der Waals surface area contributed by atoms with E-state index >= 15 is 0 Å². The molecule has 6 nitrogen and oxygen atoms in total. The average molecular weight is 420 g/mol. The Bertz CT molecular complexity index is 1050. The highest BCUT2D eigenvalue weighted by atomic mass is 19.1. The fourth-order valence-corrected chi connectivity index (χ4v) is 4.34. The van der Waals surface area contributed by atoms with Gasteiger partial charge >= 0.3 is 0 Å². The van der Waals surface area contributed by atoms with Crippen LogP contribution < -0.4 is 5.32 Å². The first-order valence-electron chi connectivity index (χ1n) is 11.1. The Morgan fingerprint density at radius 3 is 2.32 bits per heavy atom. The van der Waals surface area contributed by atoms with Crippen molar-refractivity contribution in [3.63, 3.8) is 0 Å². The van der Waals surface area contributed by atoms with Gasteiger partial charge in [0, 0.05) is 30.1 Å². The molecule has 3 aromatic rings. The molecule has 31 heavy (non-hydrogen) atoms. The van der Waals surface area contributed by atoms with Crippen LogP contribution >= 0.6 is 0 Å². The van der Waals surface area contributed by atoms with E-state index < -0.39 is 0 Å². The molecule has 2 heterocycles. The first kappa shape index (κ1) is 19.8. The highest BCUT2D eigenvalue weighted by Gasteiger charge is 2.30. The summed E-state index contributed by atoms with van der Waals surface area (Å²) in [4.78, 5) is 20.3. The van der Waals surface area contributed by atoms with Gasteiger partial charge in [0.05, 0.1) is 11.3 Å². The third-order valence-electron chi connectivity index (χ3n) is 6.42. The zero-order valence-corrected chi connectivity index (χ0v) is 17.4. The standard InChI is InChI=1S/C24H26FN5O/c25-20-3-1-2-18(12-20)21-11-10-19(14-26-21)24(31)27-13-15-4-6-16(7-5-15)22-28-23(30-29-22)17-8-9-17/h1-3,10-12,14-17H,4-9,13H2,(H,27,31)(H,28,29,30). The molecule has 0 atom stereocenters. The number of carbonyl (C=O) groups is 1. The fourth-order valence-electron chi connectivity index (χ4n) is 4.34. The number of aromatic amines is 1. The van der Waals surface area contributed by atoms with E-state index in [1.807, 2.05) is 0 Å². The summed E-state index contributed by atoms with van der Waals surface area (Å²) in [5, 5.41) is 11.7. The quantitative estimate of drug-likeness (QED) is 0.612. The molecule has 0 unspecified atom stereocenters. The highest BCUT2D eigenvalue weighted by molar-refractivity contribution is 5.94. The maximum atomic E-state index is 13.4. The molecule has 2 aromatic heterocycles. The van der Waals surface area contributed by atoms with Gasteiger partial charge in [0.2, 0.25) is 0 Å². The average Bonchev–Trinajstić information content (AvgIpc) is 3.54. The Kier molecular flexibility index (Phi) is 5.49. The van der Waals surface area contributed by atoms with Crippen LogP contribution in [0.2, 0.25) is 0 Å². The SMILES string of the molecule is O=C(NCC1CCC(c2nnc(C3CC3)[nH]2)CC1)c1ccc(-c2cccc(F)c2)nc1. The topological polar surface area (TPSA) is 83.6 Å². The largest absolute Gasteiger partial charge is 0.352 e. The van der Waals surface area contributed by atoms with Crippen LogP contribution in [0.25, 0.3) is 11.3 Å². The Balaban J connectivity index is 1.10. The molecule has 0 radical (unpaired) electrons. The smallest absolute Gasteiger partial charge is 0.252 e. The van der Waals surface area contributed by atoms with E-state index in [1.54, 1.807) is 30.5 Å². The van der Waals surface area contributed by atoms with Gasteiger partial charge in [0.25, 0.3) is 5.91 Å². The summed E-state index contributed by atoms with van der Waals surface area (Å²) >= 11 is 0. The van der Waals surface area contributed by atoms with Crippen LogP contribution in [0.15, 0.2) is 42.6 Å². The van der Waals surface area contributed by atoms with Gasteiger partial charge in [-0.15, -0.1) is 10.2 Å². The second-order valence-electron chi connectivity index (χ2n) is 8.74. The van der Waals surface area contributed by atoms with Crippen molar-refractivity contribution in [3.05, 3.63) is 65.6 Å². The number of H-pyrrole nitrogens is 1. The Labute approximate surface area is 180 Å². The first-order chi connectivity index (χ1) is 15.2. The second kappa shape index (κ2) is 8.57. The summed E-state index contributed by atoms with van der Waals surface area (Å²) in [5.41, 5.74) is 1.86. The van der Waals surface area contributed by atoms with Crippen LogP contribution in [-0.4, -0.2) is 32.6 Å². The molecule has 2 fully saturated rings. The molecule has 1 amide bonds. The van der Waals surface area contributed by atoms with Crippen LogP contribution in [0, 0.1) is 11.7 Å². The van der Waals surface area contributed by atoms with Crippen molar-refractivity contribution in [1.29, 1.82) is 0 Å². The molecule has 2 saturated carbocycles. The van der Waals surface area contributed by atoms with Gasteiger partial charge in [0.1, 0.15) is 17.5 Å².